The maximum atomic E-state index is 13.6. The molecular weight excluding hydrogens is 474 g/mol. The van der Waals surface area contributed by atoms with E-state index in [4.69, 9.17) is 4.98 Å². The van der Waals surface area contributed by atoms with E-state index in [0.29, 0.717) is 42.8 Å². The van der Waals surface area contributed by atoms with E-state index in [1.54, 1.807) is 16.6 Å². The van der Waals surface area contributed by atoms with Crippen molar-refractivity contribution in [2.75, 3.05) is 49.5 Å². The maximum Gasteiger partial charge on any atom is 0.263 e. The first-order chi connectivity index (χ1) is 16.8. The number of piperidine rings is 2. The van der Waals surface area contributed by atoms with Crippen molar-refractivity contribution >= 4 is 32.6 Å². The van der Waals surface area contributed by atoms with E-state index in [-0.39, 0.29) is 22.3 Å². The summed E-state index contributed by atoms with van der Waals surface area (Å²) in [4.78, 5) is 11.3. The van der Waals surface area contributed by atoms with Crippen LogP contribution in [0.4, 0.5) is 20.4 Å². The van der Waals surface area contributed by atoms with Crippen molar-refractivity contribution in [2.45, 2.75) is 56.2 Å². The highest BCUT2D eigenvalue weighted by Gasteiger charge is 2.44. The highest BCUT2D eigenvalue weighted by molar-refractivity contribution is 7.90. The Kier molecular flexibility index (Phi) is 5.84. The average molecular weight is 507 g/mol. The summed E-state index contributed by atoms with van der Waals surface area (Å²) in [6.07, 6.45) is 4.27. The number of alkyl halides is 2. The molecule has 0 unspecified atom stereocenters. The minimum Gasteiger partial charge on any atom is -0.368 e. The third-order valence-electron chi connectivity index (χ3n) is 7.98. The molecule has 2 aromatic rings. The number of nitrogens with one attached hydrogen (secondary N) is 2. The molecule has 3 aliphatic heterocycles. The number of anilines is 2. The number of sulfonamides is 1. The van der Waals surface area contributed by atoms with Crippen molar-refractivity contribution in [3.63, 3.8) is 0 Å². The van der Waals surface area contributed by atoms with Crippen molar-refractivity contribution in [2.24, 2.45) is 5.41 Å². The first-order valence-electron chi connectivity index (χ1n) is 12.6. The van der Waals surface area contributed by atoms with E-state index in [1.807, 2.05) is 0 Å². The molecule has 11 heteroatoms. The van der Waals surface area contributed by atoms with Crippen molar-refractivity contribution in [3.05, 3.63) is 23.9 Å². The van der Waals surface area contributed by atoms with Crippen LogP contribution < -0.4 is 15.5 Å². The lowest BCUT2D eigenvalue weighted by molar-refractivity contribution is 0.150. The zero-order chi connectivity index (χ0) is 24.2. The Morgan fingerprint density at radius 1 is 1.14 bits per heavy atom. The summed E-state index contributed by atoms with van der Waals surface area (Å²) in [5.74, 6) is 0.460. The van der Waals surface area contributed by atoms with Gasteiger partial charge in [0, 0.05) is 61.3 Å². The van der Waals surface area contributed by atoms with Crippen molar-refractivity contribution in [3.8, 4) is 0 Å². The largest absolute Gasteiger partial charge is 0.368 e. The van der Waals surface area contributed by atoms with E-state index in [9.17, 15) is 17.2 Å². The smallest absolute Gasteiger partial charge is 0.263 e. The van der Waals surface area contributed by atoms with Crippen LogP contribution in [0.15, 0.2) is 18.3 Å². The lowest BCUT2D eigenvalue weighted by Gasteiger charge is -2.53. The monoisotopic (exact) mass is 506 g/mol. The zero-order valence-electron chi connectivity index (χ0n) is 19.7. The van der Waals surface area contributed by atoms with Crippen LogP contribution in [0.3, 0.4) is 0 Å². The topological polar surface area (TPSA) is 90.5 Å². The first kappa shape index (κ1) is 23.3. The van der Waals surface area contributed by atoms with E-state index in [2.05, 4.69) is 20.5 Å². The third-order valence-corrected chi connectivity index (χ3v) is 10.4. The second-order valence-electron chi connectivity index (χ2n) is 10.7. The molecule has 1 aliphatic carbocycles. The van der Waals surface area contributed by atoms with E-state index < -0.39 is 16.4 Å². The van der Waals surface area contributed by atoms with Gasteiger partial charge in [-0.1, -0.05) is 0 Å². The Hall–Kier alpha value is -2.11. The van der Waals surface area contributed by atoms with Gasteiger partial charge in [-0.05, 0) is 57.2 Å². The van der Waals surface area contributed by atoms with Crippen LogP contribution in [0.5, 0.6) is 0 Å². The van der Waals surface area contributed by atoms with Crippen LogP contribution in [0.25, 0.3) is 10.9 Å². The van der Waals surface area contributed by atoms with Gasteiger partial charge in [-0.2, -0.15) is 0 Å². The molecule has 4 fully saturated rings. The number of nitrogens with zero attached hydrogens (tertiary/aromatic N) is 4. The molecule has 4 aliphatic rings. The van der Waals surface area contributed by atoms with Crippen LogP contribution >= 0.6 is 0 Å². The molecule has 1 aromatic carbocycles. The van der Waals surface area contributed by atoms with Gasteiger partial charge >= 0.3 is 0 Å². The van der Waals surface area contributed by atoms with E-state index in [0.717, 1.165) is 57.5 Å². The molecule has 1 aromatic heterocycles. The Morgan fingerprint density at radius 2 is 1.91 bits per heavy atom. The quantitative estimate of drug-likeness (QED) is 0.622. The summed E-state index contributed by atoms with van der Waals surface area (Å²) in [6, 6.07) is 3.13. The molecule has 190 valence electrons. The summed E-state index contributed by atoms with van der Waals surface area (Å²) in [5.41, 5.74) is 1.63. The zero-order valence-corrected chi connectivity index (χ0v) is 20.5. The maximum absolute atomic E-state index is 13.6. The summed E-state index contributed by atoms with van der Waals surface area (Å²) in [6.45, 7) is 4.67. The van der Waals surface area contributed by atoms with Gasteiger partial charge in [0.2, 0.25) is 16.0 Å². The fourth-order valence-corrected chi connectivity index (χ4v) is 7.71. The number of aromatic nitrogens is 2. The van der Waals surface area contributed by atoms with Gasteiger partial charge in [0.15, 0.2) is 0 Å². The van der Waals surface area contributed by atoms with E-state index in [1.165, 1.54) is 6.07 Å². The molecule has 0 atom stereocenters. The molecule has 4 heterocycles. The Labute approximate surface area is 204 Å². The van der Waals surface area contributed by atoms with Gasteiger partial charge in [-0.15, -0.1) is 0 Å². The number of fused-ring (bicyclic) bond motifs is 1. The number of hydrogen-bond donors (Lipinski definition) is 2. The van der Waals surface area contributed by atoms with Gasteiger partial charge in [-0.25, -0.2) is 31.5 Å². The number of hydrogen-bond acceptors (Lipinski definition) is 7. The number of halogens is 2. The predicted octanol–water partition coefficient (Wildman–Crippen LogP) is 3.13. The molecular formula is C24H32F2N6O2S. The molecule has 6 rings (SSSR count). The minimum atomic E-state index is -3.15. The summed E-state index contributed by atoms with van der Waals surface area (Å²) in [7, 11) is -3.15. The van der Waals surface area contributed by atoms with Gasteiger partial charge in [0.1, 0.15) is 0 Å². The Morgan fingerprint density at radius 3 is 2.57 bits per heavy atom. The number of rotatable bonds is 6. The molecule has 0 bridgehead atoms. The van der Waals surface area contributed by atoms with Gasteiger partial charge in [0.05, 0.1) is 16.5 Å². The number of benzene rings is 1. The van der Waals surface area contributed by atoms with Crippen LogP contribution in [-0.4, -0.2) is 73.3 Å². The third kappa shape index (κ3) is 4.46. The molecule has 0 amide bonds. The first-order valence-corrected chi connectivity index (χ1v) is 14.1. The van der Waals surface area contributed by atoms with Gasteiger partial charge in [0.25, 0.3) is 6.43 Å². The van der Waals surface area contributed by atoms with Crippen molar-refractivity contribution in [1.82, 2.24) is 19.6 Å². The van der Waals surface area contributed by atoms with Crippen LogP contribution in [0.1, 0.15) is 50.5 Å². The van der Waals surface area contributed by atoms with Crippen LogP contribution in [-0.2, 0) is 10.0 Å². The standard InChI is InChI=1S/C24H32F2N6O2S/c25-22(26)16-10-17-12-28-23(29-18-4-8-32(9-5-18)35(33,34)19-2-3-19)30-21(17)20(11-16)31-14-24(15-31)6-1-7-27-13-24/h10-12,18-19,22,27H,1-9,13-15H2,(H,28,29,30). The SMILES string of the molecule is O=S(=O)(C1CC1)N1CCC(Nc2ncc3cc(C(F)F)cc(N4CC5(CCCNC5)C4)c3n2)CC1. The Bertz CT molecular complexity index is 1200. The molecule has 1 spiro atoms. The normalized spacial score (nSPS) is 23.7. The van der Waals surface area contributed by atoms with Crippen LogP contribution in [0, 0.1) is 5.41 Å². The fraction of sp³-hybridized carbons (Fsp3) is 0.667. The second-order valence-corrected chi connectivity index (χ2v) is 12.9. The Balaban J connectivity index is 1.20. The van der Waals surface area contributed by atoms with E-state index >= 15 is 0 Å². The molecule has 2 N–H and O–H groups in total. The lowest BCUT2D eigenvalue weighted by atomic mass is 9.73. The molecule has 3 saturated heterocycles. The summed E-state index contributed by atoms with van der Waals surface area (Å²) < 4.78 is 53.9. The second kappa shape index (κ2) is 8.77. The van der Waals surface area contributed by atoms with Gasteiger partial charge < -0.3 is 15.5 Å². The van der Waals surface area contributed by atoms with Crippen molar-refractivity contribution < 1.29 is 17.2 Å². The highest BCUT2D eigenvalue weighted by Crippen LogP contribution is 2.42. The van der Waals surface area contributed by atoms with Crippen molar-refractivity contribution in [1.29, 1.82) is 0 Å². The summed E-state index contributed by atoms with van der Waals surface area (Å²) in [5, 5.41) is 7.26. The highest BCUT2D eigenvalue weighted by atomic mass is 32.2. The molecule has 0 radical (unpaired) electrons. The fourth-order valence-electron chi connectivity index (χ4n) is 5.83. The molecule has 8 nitrogen and oxygen atoms in total. The molecule has 35 heavy (non-hydrogen) atoms. The summed E-state index contributed by atoms with van der Waals surface area (Å²) >= 11 is 0. The molecule has 1 saturated carbocycles. The minimum absolute atomic E-state index is 0.0104. The lowest BCUT2D eigenvalue weighted by Crippen LogP contribution is -2.62. The van der Waals surface area contributed by atoms with Gasteiger partial charge in [-0.3, -0.25) is 0 Å². The average Bonchev–Trinajstić information content (AvgIpc) is 3.69. The predicted molar refractivity (Wildman–Crippen MR) is 131 cm³/mol. The van der Waals surface area contributed by atoms with Crippen LogP contribution in [0.2, 0.25) is 0 Å².